The Morgan fingerprint density at radius 2 is 0.889 bits per heavy atom. The number of aliphatic imine (C=N–C) groups is 2. The van der Waals surface area contributed by atoms with Crippen LogP contribution in [0.25, 0.3) is 0 Å². The molecule has 0 aromatic heterocycles. The average molecular weight is 553 g/mol. The van der Waals surface area contributed by atoms with Gasteiger partial charge in [0, 0.05) is 11.1 Å². The van der Waals surface area contributed by atoms with Crippen LogP contribution in [0.15, 0.2) is 119 Å². The Morgan fingerprint density at radius 1 is 0.583 bits per heavy atom. The SMILES string of the molecule is CC(C)(C(=Nc1ccccc1)c1ccccc1O)C(=Nc1ccccc1)c1ccccc1O.[Cl][Ti][Cl]. The molecule has 4 rings (SSSR count). The third-order valence-electron chi connectivity index (χ3n) is 5.50. The fraction of sp³-hybridized carbons (Fsp3) is 0.103. The van der Waals surface area contributed by atoms with Crippen molar-refractivity contribution in [3.05, 3.63) is 120 Å². The summed E-state index contributed by atoms with van der Waals surface area (Å²) in [6.07, 6.45) is 0. The zero-order chi connectivity index (χ0) is 26.0. The summed E-state index contributed by atoms with van der Waals surface area (Å²) in [6, 6.07) is 33.6. The molecule has 0 unspecified atom stereocenters. The summed E-state index contributed by atoms with van der Waals surface area (Å²) in [5, 5.41) is 21.5. The van der Waals surface area contributed by atoms with E-state index < -0.39 is 22.4 Å². The molecule has 36 heavy (non-hydrogen) atoms. The molecule has 0 amide bonds. The Morgan fingerprint density at radius 3 is 1.22 bits per heavy atom. The van der Waals surface area contributed by atoms with Crippen molar-refractivity contribution < 1.29 is 27.2 Å². The van der Waals surface area contributed by atoms with Gasteiger partial charge in [-0.2, -0.15) is 0 Å². The molecule has 0 fully saturated rings. The molecule has 4 aromatic rings. The summed E-state index contributed by atoms with van der Waals surface area (Å²) >= 11 is -0.556. The van der Waals surface area contributed by atoms with Crippen molar-refractivity contribution >= 4 is 41.4 Å². The third kappa shape index (κ3) is 7.08. The molecule has 4 nitrogen and oxygen atoms in total. The molecule has 4 aromatic carbocycles. The van der Waals surface area contributed by atoms with Crippen LogP contribution in [0.1, 0.15) is 25.0 Å². The molecule has 7 heteroatoms. The summed E-state index contributed by atoms with van der Waals surface area (Å²) in [4.78, 5) is 9.95. The first kappa shape index (κ1) is 27.7. The van der Waals surface area contributed by atoms with Gasteiger partial charge in [0.05, 0.1) is 28.2 Å². The molecule has 0 aliphatic heterocycles. The minimum atomic E-state index is -0.788. The summed E-state index contributed by atoms with van der Waals surface area (Å²) < 4.78 is 0. The number of hydrogen-bond acceptors (Lipinski definition) is 4. The van der Waals surface area contributed by atoms with E-state index in [1.54, 1.807) is 24.3 Å². The van der Waals surface area contributed by atoms with Crippen molar-refractivity contribution in [1.29, 1.82) is 0 Å². The summed E-state index contributed by atoms with van der Waals surface area (Å²) in [6.45, 7) is 4.02. The topological polar surface area (TPSA) is 65.2 Å². The Bertz CT molecular complexity index is 1230. The van der Waals surface area contributed by atoms with E-state index >= 15 is 0 Å². The Labute approximate surface area is 228 Å². The van der Waals surface area contributed by atoms with Crippen LogP contribution in [0.3, 0.4) is 0 Å². The molecule has 0 saturated carbocycles. The molecule has 0 atom stereocenters. The van der Waals surface area contributed by atoms with Gasteiger partial charge in [0.1, 0.15) is 11.5 Å². The first-order chi connectivity index (χ1) is 17.4. The normalized spacial score (nSPS) is 11.9. The van der Waals surface area contributed by atoms with E-state index in [9.17, 15) is 10.2 Å². The minimum absolute atomic E-state index is 0.136. The molecule has 0 bridgehead atoms. The number of hydrogen-bond donors (Lipinski definition) is 2. The van der Waals surface area contributed by atoms with Gasteiger partial charge in [-0.05, 0) is 62.4 Å². The number of rotatable bonds is 6. The van der Waals surface area contributed by atoms with Crippen molar-refractivity contribution in [2.45, 2.75) is 13.8 Å². The van der Waals surface area contributed by atoms with E-state index in [1.807, 2.05) is 98.8 Å². The van der Waals surface area contributed by atoms with Gasteiger partial charge in [-0.25, -0.2) is 0 Å². The van der Waals surface area contributed by atoms with Gasteiger partial charge in [-0.3, -0.25) is 9.98 Å². The van der Waals surface area contributed by atoms with E-state index in [4.69, 9.17) is 28.6 Å². The molecule has 0 aliphatic rings. The Hall–Kier alpha value is -2.89. The van der Waals surface area contributed by atoms with Crippen LogP contribution in [0.2, 0.25) is 0 Å². The predicted octanol–water partition coefficient (Wildman–Crippen LogP) is 8.44. The molecule has 0 saturated heterocycles. The van der Waals surface area contributed by atoms with Crippen molar-refractivity contribution in [3.63, 3.8) is 0 Å². The number of benzene rings is 4. The van der Waals surface area contributed by atoms with Crippen LogP contribution in [0.5, 0.6) is 11.5 Å². The van der Waals surface area contributed by atoms with Gasteiger partial charge in [-0.1, -0.05) is 60.7 Å². The van der Waals surface area contributed by atoms with Gasteiger partial charge in [0.25, 0.3) is 0 Å². The molecule has 0 radical (unpaired) electrons. The Balaban J connectivity index is 0.00000115. The second-order valence-corrected chi connectivity index (χ2v) is 10.9. The zero-order valence-electron chi connectivity index (χ0n) is 19.9. The standard InChI is InChI=1S/C29H26N2O2.2ClH.Ti/c1-29(2,27(23-17-9-11-19-25(23)32)30-21-13-5-3-6-14-21)28(24-18-10-12-20-26(24)33)31-22-15-7-4-8-16-22;;;/h3-20,32-33H,1-2H3;2*1H;/q;;;+2/p-2. The van der Waals surface area contributed by atoms with Crippen LogP contribution >= 0.6 is 18.6 Å². The number of aromatic hydroxyl groups is 2. The van der Waals surface area contributed by atoms with E-state index in [0.29, 0.717) is 22.6 Å². The fourth-order valence-corrected chi connectivity index (χ4v) is 3.80. The number of nitrogens with zero attached hydrogens (tertiary/aromatic N) is 2. The third-order valence-corrected chi connectivity index (χ3v) is 5.50. The van der Waals surface area contributed by atoms with Gasteiger partial charge >= 0.3 is 35.6 Å². The maximum absolute atomic E-state index is 10.7. The molecule has 182 valence electrons. The van der Waals surface area contributed by atoms with E-state index in [-0.39, 0.29) is 11.5 Å². The molecule has 2 N–H and O–H groups in total. The first-order valence-corrected chi connectivity index (χ1v) is 15.5. The first-order valence-electron chi connectivity index (χ1n) is 11.2. The van der Waals surface area contributed by atoms with Gasteiger partial charge in [-0.15, -0.1) is 0 Å². The average Bonchev–Trinajstić information content (AvgIpc) is 2.88. The van der Waals surface area contributed by atoms with Gasteiger partial charge in [0.15, 0.2) is 0 Å². The van der Waals surface area contributed by atoms with E-state index in [1.165, 1.54) is 0 Å². The van der Waals surface area contributed by atoms with Crippen LogP contribution in [-0.4, -0.2) is 21.6 Å². The molecule has 0 aliphatic carbocycles. The summed E-state index contributed by atoms with van der Waals surface area (Å²) in [7, 11) is 9.78. The van der Waals surface area contributed by atoms with Crippen molar-refractivity contribution in [2.24, 2.45) is 15.4 Å². The van der Waals surface area contributed by atoms with Crippen LogP contribution < -0.4 is 0 Å². The molecular formula is C29H26Cl2N2O2Ti. The van der Waals surface area contributed by atoms with Gasteiger partial charge in [0.2, 0.25) is 0 Å². The number of phenolic OH excluding ortho intramolecular Hbond substituents is 2. The fourth-order valence-electron chi connectivity index (χ4n) is 3.80. The maximum atomic E-state index is 10.7. The van der Waals surface area contributed by atoms with E-state index in [2.05, 4.69) is 0 Å². The summed E-state index contributed by atoms with van der Waals surface area (Å²) in [5.74, 6) is 0.271. The molecular weight excluding hydrogens is 527 g/mol. The number of para-hydroxylation sites is 4. The van der Waals surface area contributed by atoms with Crippen LogP contribution in [-0.2, 0) is 17.0 Å². The second-order valence-electron chi connectivity index (χ2n) is 8.32. The monoisotopic (exact) mass is 552 g/mol. The van der Waals surface area contributed by atoms with Crippen molar-refractivity contribution in [1.82, 2.24) is 0 Å². The van der Waals surface area contributed by atoms with Crippen molar-refractivity contribution in [2.75, 3.05) is 0 Å². The van der Waals surface area contributed by atoms with Crippen LogP contribution in [0, 0.1) is 5.41 Å². The Kier molecular flexibility index (Phi) is 10.3. The number of phenols is 2. The van der Waals surface area contributed by atoms with Gasteiger partial charge < -0.3 is 10.2 Å². The summed E-state index contributed by atoms with van der Waals surface area (Å²) in [5.41, 5.74) is 3.25. The zero-order valence-corrected chi connectivity index (χ0v) is 23.0. The van der Waals surface area contributed by atoms with E-state index in [0.717, 1.165) is 11.4 Å². The quantitative estimate of drug-likeness (QED) is 0.186. The van der Waals surface area contributed by atoms with Crippen LogP contribution in [0.4, 0.5) is 11.4 Å². The number of halogens is 2. The predicted molar refractivity (Wildman–Crippen MR) is 147 cm³/mol. The molecule has 0 heterocycles. The molecule has 0 spiro atoms. The van der Waals surface area contributed by atoms with Crippen molar-refractivity contribution in [3.8, 4) is 11.5 Å². The second kappa shape index (κ2) is 13.4.